The number of aromatic nitrogens is 1. The Morgan fingerprint density at radius 1 is 1.23 bits per heavy atom. The highest BCUT2D eigenvalue weighted by Crippen LogP contribution is 2.31. The highest BCUT2D eigenvalue weighted by Gasteiger charge is 2.40. The Morgan fingerprint density at radius 2 is 2.03 bits per heavy atom. The van der Waals surface area contributed by atoms with Gasteiger partial charge in [0.05, 0.1) is 18.3 Å². The molecule has 156 valence electrons. The van der Waals surface area contributed by atoms with Crippen LogP contribution in [0.3, 0.4) is 0 Å². The fourth-order valence-corrected chi connectivity index (χ4v) is 4.59. The maximum absolute atomic E-state index is 13.1. The van der Waals surface area contributed by atoms with E-state index < -0.39 is 0 Å². The van der Waals surface area contributed by atoms with Crippen molar-refractivity contribution in [3.05, 3.63) is 65.7 Å². The van der Waals surface area contributed by atoms with Crippen molar-refractivity contribution >= 4 is 28.9 Å². The predicted octanol–water partition coefficient (Wildman–Crippen LogP) is 2.63. The van der Waals surface area contributed by atoms with E-state index in [4.69, 9.17) is 0 Å². The minimum Gasteiger partial charge on any atom is -0.349 e. The SMILES string of the molecule is CC1N=C(N2CCN(Cc3ccc(F)cc3)C2=O)SC1C(=O)NCc1ccccn1. The van der Waals surface area contributed by atoms with Crippen molar-refractivity contribution in [3.63, 3.8) is 0 Å². The Labute approximate surface area is 178 Å². The fourth-order valence-electron chi connectivity index (χ4n) is 3.39. The van der Waals surface area contributed by atoms with E-state index in [-0.39, 0.29) is 29.0 Å². The lowest BCUT2D eigenvalue weighted by Gasteiger charge is -2.18. The largest absolute Gasteiger partial charge is 0.349 e. The number of benzene rings is 1. The molecular formula is C21H22FN5O2S. The number of nitrogens with one attached hydrogen (secondary N) is 1. The van der Waals surface area contributed by atoms with Crippen LogP contribution in [0, 0.1) is 5.82 Å². The number of nitrogens with zero attached hydrogens (tertiary/aromatic N) is 4. The topological polar surface area (TPSA) is 77.9 Å². The number of pyridine rings is 1. The van der Waals surface area contributed by atoms with Crippen LogP contribution in [0.25, 0.3) is 0 Å². The zero-order valence-electron chi connectivity index (χ0n) is 16.5. The first-order valence-electron chi connectivity index (χ1n) is 9.74. The Hall–Kier alpha value is -2.94. The summed E-state index contributed by atoms with van der Waals surface area (Å²) in [6, 6.07) is 11.3. The molecule has 0 radical (unpaired) electrons. The molecule has 3 amide bonds. The van der Waals surface area contributed by atoms with Gasteiger partial charge in [0.2, 0.25) is 5.91 Å². The molecule has 2 aromatic rings. The first-order valence-corrected chi connectivity index (χ1v) is 10.6. The average Bonchev–Trinajstić information content (AvgIpc) is 3.31. The van der Waals surface area contributed by atoms with E-state index in [0.717, 1.165) is 11.3 Å². The maximum Gasteiger partial charge on any atom is 0.326 e. The normalized spacial score (nSPS) is 21.1. The molecule has 1 aromatic heterocycles. The second-order valence-corrected chi connectivity index (χ2v) is 8.32. The first-order chi connectivity index (χ1) is 14.5. The standard InChI is InChI=1S/C21H22FN5O2S/c1-14-18(19(28)24-12-17-4-2-3-9-23-17)30-20(25-14)27-11-10-26(21(27)29)13-15-5-7-16(22)8-6-15/h2-9,14,18H,10-13H2,1H3,(H,24,28). The van der Waals surface area contributed by atoms with Gasteiger partial charge in [0.25, 0.3) is 0 Å². The zero-order valence-corrected chi connectivity index (χ0v) is 17.3. The number of thioether (sulfide) groups is 1. The average molecular weight is 428 g/mol. The number of hydrogen-bond donors (Lipinski definition) is 1. The van der Waals surface area contributed by atoms with Crippen molar-refractivity contribution in [2.24, 2.45) is 4.99 Å². The Kier molecular flexibility index (Phi) is 5.98. The molecule has 7 nitrogen and oxygen atoms in total. The van der Waals surface area contributed by atoms with E-state index in [1.807, 2.05) is 25.1 Å². The lowest BCUT2D eigenvalue weighted by atomic mass is 10.2. The van der Waals surface area contributed by atoms with Crippen LogP contribution in [0.5, 0.6) is 0 Å². The van der Waals surface area contributed by atoms with E-state index in [1.165, 1.54) is 23.9 Å². The number of aliphatic imine (C=N–C) groups is 1. The van der Waals surface area contributed by atoms with Gasteiger partial charge in [0.1, 0.15) is 11.1 Å². The zero-order chi connectivity index (χ0) is 21.1. The number of hydrogen-bond acceptors (Lipinski definition) is 5. The molecule has 0 spiro atoms. The number of amidine groups is 1. The third kappa shape index (κ3) is 4.46. The predicted molar refractivity (Wildman–Crippen MR) is 113 cm³/mol. The Balaban J connectivity index is 1.33. The molecule has 0 aliphatic carbocycles. The number of carbonyl (C=O) groups excluding carboxylic acids is 2. The van der Waals surface area contributed by atoms with E-state index in [2.05, 4.69) is 15.3 Å². The number of urea groups is 1. The van der Waals surface area contributed by atoms with Gasteiger partial charge in [-0.1, -0.05) is 30.0 Å². The summed E-state index contributed by atoms with van der Waals surface area (Å²) in [5, 5.41) is 3.09. The van der Waals surface area contributed by atoms with E-state index in [9.17, 15) is 14.0 Å². The lowest BCUT2D eigenvalue weighted by molar-refractivity contribution is -0.120. The monoisotopic (exact) mass is 427 g/mol. The van der Waals surface area contributed by atoms with Crippen molar-refractivity contribution in [3.8, 4) is 0 Å². The summed E-state index contributed by atoms with van der Waals surface area (Å²) in [5.74, 6) is -0.419. The van der Waals surface area contributed by atoms with Gasteiger partial charge in [0.15, 0.2) is 5.17 Å². The van der Waals surface area contributed by atoms with E-state index in [1.54, 1.807) is 28.1 Å². The Morgan fingerprint density at radius 3 is 2.77 bits per heavy atom. The summed E-state index contributed by atoms with van der Waals surface area (Å²) < 4.78 is 13.1. The van der Waals surface area contributed by atoms with Crippen LogP contribution in [0.15, 0.2) is 53.7 Å². The summed E-state index contributed by atoms with van der Waals surface area (Å²) in [4.78, 5) is 37.6. The minimum atomic E-state index is -0.386. The minimum absolute atomic E-state index is 0.119. The molecule has 0 bridgehead atoms. The quantitative estimate of drug-likeness (QED) is 0.796. The summed E-state index contributed by atoms with van der Waals surface area (Å²) in [7, 11) is 0. The molecule has 1 aromatic carbocycles. The molecule has 1 saturated heterocycles. The van der Waals surface area contributed by atoms with Gasteiger partial charge < -0.3 is 10.2 Å². The highest BCUT2D eigenvalue weighted by atomic mass is 32.2. The summed E-state index contributed by atoms with van der Waals surface area (Å²) >= 11 is 1.32. The van der Waals surface area contributed by atoms with Crippen molar-refractivity contribution in [2.45, 2.75) is 31.3 Å². The number of halogens is 1. The molecule has 1 fully saturated rings. The van der Waals surface area contributed by atoms with Crippen LogP contribution in [-0.4, -0.2) is 56.3 Å². The summed E-state index contributed by atoms with van der Waals surface area (Å²) in [6.07, 6.45) is 1.69. The van der Waals surface area contributed by atoms with Crippen LogP contribution in [0.2, 0.25) is 0 Å². The van der Waals surface area contributed by atoms with Gasteiger partial charge in [-0.15, -0.1) is 0 Å². The van der Waals surface area contributed by atoms with Crippen LogP contribution < -0.4 is 5.32 Å². The van der Waals surface area contributed by atoms with Crippen LogP contribution in [0.4, 0.5) is 9.18 Å². The van der Waals surface area contributed by atoms with Crippen LogP contribution >= 0.6 is 11.8 Å². The third-order valence-electron chi connectivity index (χ3n) is 5.03. The molecule has 0 saturated carbocycles. The number of carbonyl (C=O) groups is 2. The molecule has 1 N–H and O–H groups in total. The van der Waals surface area contributed by atoms with Gasteiger partial charge in [-0.25, -0.2) is 9.18 Å². The molecule has 2 aliphatic rings. The second-order valence-electron chi connectivity index (χ2n) is 7.21. The lowest BCUT2D eigenvalue weighted by Crippen LogP contribution is -2.37. The number of rotatable bonds is 5. The van der Waals surface area contributed by atoms with Crippen molar-refractivity contribution in [1.29, 1.82) is 0 Å². The maximum atomic E-state index is 13.1. The molecule has 30 heavy (non-hydrogen) atoms. The van der Waals surface area contributed by atoms with Crippen molar-refractivity contribution in [2.75, 3.05) is 13.1 Å². The molecule has 2 unspecified atom stereocenters. The number of amides is 3. The molecule has 3 heterocycles. The van der Waals surface area contributed by atoms with Crippen LogP contribution in [-0.2, 0) is 17.9 Å². The molecular weight excluding hydrogens is 405 g/mol. The smallest absolute Gasteiger partial charge is 0.326 e. The van der Waals surface area contributed by atoms with Crippen molar-refractivity contribution < 1.29 is 14.0 Å². The third-order valence-corrected chi connectivity index (χ3v) is 6.42. The fraction of sp³-hybridized carbons (Fsp3) is 0.333. The highest BCUT2D eigenvalue weighted by molar-refractivity contribution is 8.15. The van der Waals surface area contributed by atoms with Gasteiger partial charge in [0, 0.05) is 25.8 Å². The van der Waals surface area contributed by atoms with Crippen LogP contribution in [0.1, 0.15) is 18.2 Å². The second kappa shape index (κ2) is 8.83. The molecule has 2 aliphatic heterocycles. The molecule has 2 atom stereocenters. The van der Waals surface area contributed by atoms with E-state index >= 15 is 0 Å². The molecule has 9 heteroatoms. The molecule has 4 rings (SSSR count). The Bertz CT molecular complexity index is 954. The van der Waals surface area contributed by atoms with Gasteiger partial charge in [-0.05, 0) is 36.8 Å². The van der Waals surface area contributed by atoms with Gasteiger partial charge in [-0.3, -0.25) is 19.7 Å². The summed E-state index contributed by atoms with van der Waals surface area (Å²) in [6.45, 7) is 3.72. The first kappa shape index (κ1) is 20.3. The van der Waals surface area contributed by atoms with Crippen molar-refractivity contribution in [1.82, 2.24) is 20.1 Å². The van der Waals surface area contributed by atoms with E-state index in [0.29, 0.717) is 31.3 Å². The van der Waals surface area contributed by atoms with Gasteiger partial charge in [-0.2, -0.15) is 0 Å². The summed E-state index contributed by atoms with van der Waals surface area (Å²) in [5.41, 5.74) is 1.65. The van der Waals surface area contributed by atoms with Gasteiger partial charge >= 0.3 is 6.03 Å².